The molecule has 6 heteroatoms. The van der Waals surface area contributed by atoms with Gasteiger partial charge in [-0.15, -0.1) is 12.4 Å². The highest BCUT2D eigenvalue weighted by atomic mass is 35.5. The van der Waals surface area contributed by atoms with Crippen LogP contribution in [0.5, 0.6) is 5.75 Å². The van der Waals surface area contributed by atoms with Crippen LogP contribution in [0.3, 0.4) is 0 Å². The molecule has 2 heterocycles. The van der Waals surface area contributed by atoms with Gasteiger partial charge in [0, 0.05) is 30.5 Å². The molecule has 2 aromatic rings. The Balaban J connectivity index is 0.00000133. The van der Waals surface area contributed by atoms with E-state index in [1.165, 1.54) is 5.56 Å². The predicted molar refractivity (Wildman–Crippen MR) is 76.1 cm³/mol. The van der Waals surface area contributed by atoms with Gasteiger partial charge in [-0.2, -0.15) is 0 Å². The van der Waals surface area contributed by atoms with Gasteiger partial charge in [0.2, 0.25) is 5.95 Å². The first kappa shape index (κ1) is 13.6. The van der Waals surface area contributed by atoms with Gasteiger partial charge in [-0.1, -0.05) is 0 Å². The molecule has 0 fully saturated rings. The monoisotopic (exact) mass is 278 g/mol. The van der Waals surface area contributed by atoms with Crippen LogP contribution in [-0.2, 0) is 13.1 Å². The molecule has 19 heavy (non-hydrogen) atoms. The van der Waals surface area contributed by atoms with Crippen LogP contribution in [0.25, 0.3) is 0 Å². The maximum absolute atomic E-state index is 5.11. The molecule has 0 aliphatic carbocycles. The van der Waals surface area contributed by atoms with Crippen LogP contribution >= 0.6 is 12.4 Å². The van der Waals surface area contributed by atoms with Gasteiger partial charge in [-0.05, 0) is 24.3 Å². The second-order valence-electron chi connectivity index (χ2n) is 4.12. The zero-order valence-electron chi connectivity index (χ0n) is 10.5. The van der Waals surface area contributed by atoms with Crippen molar-refractivity contribution in [3.05, 3.63) is 41.7 Å². The van der Waals surface area contributed by atoms with Crippen molar-refractivity contribution in [3.63, 3.8) is 0 Å². The van der Waals surface area contributed by atoms with Gasteiger partial charge >= 0.3 is 0 Å². The molecule has 100 valence electrons. The zero-order valence-corrected chi connectivity index (χ0v) is 11.3. The van der Waals surface area contributed by atoms with Gasteiger partial charge in [-0.3, -0.25) is 0 Å². The van der Waals surface area contributed by atoms with Crippen molar-refractivity contribution in [2.75, 3.05) is 12.4 Å². The smallest absolute Gasteiger partial charge is 0.227 e. The number of nitrogens with one attached hydrogen (secondary N) is 2. The lowest BCUT2D eigenvalue weighted by atomic mass is 10.3. The Labute approximate surface area is 117 Å². The van der Waals surface area contributed by atoms with E-state index in [1.54, 1.807) is 7.11 Å². The Morgan fingerprint density at radius 1 is 1.21 bits per heavy atom. The third-order valence-corrected chi connectivity index (χ3v) is 2.91. The number of methoxy groups -OCH3 is 1. The Kier molecular flexibility index (Phi) is 4.19. The number of benzene rings is 1. The summed E-state index contributed by atoms with van der Waals surface area (Å²) in [5.41, 5.74) is 3.19. The Bertz CT molecular complexity index is 559. The summed E-state index contributed by atoms with van der Waals surface area (Å²) in [6.07, 6.45) is 1.87. The van der Waals surface area contributed by atoms with Crippen molar-refractivity contribution in [3.8, 4) is 5.75 Å². The second-order valence-corrected chi connectivity index (χ2v) is 4.12. The molecule has 3 rings (SSSR count). The molecule has 1 aliphatic rings. The van der Waals surface area contributed by atoms with Gasteiger partial charge in [0.15, 0.2) is 0 Å². The van der Waals surface area contributed by atoms with E-state index in [0.717, 1.165) is 30.2 Å². The van der Waals surface area contributed by atoms with E-state index in [-0.39, 0.29) is 12.4 Å². The number of ether oxygens (including phenoxy) is 1. The van der Waals surface area contributed by atoms with Crippen LogP contribution < -0.4 is 15.4 Å². The van der Waals surface area contributed by atoms with Gasteiger partial charge in [0.25, 0.3) is 0 Å². The van der Waals surface area contributed by atoms with Crippen LogP contribution in [0.15, 0.2) is 30.5 Å². The first-order valence-corrected chi connectivity index (χ1v) is 5.82. The summed E-state index contributed by atoms with van der Waals surface area (Å²) in [6.45, 7) is 1.67. The van der Waals surface area contributed by atoms with Crippen molar-refractivity contribution in [1.29, 1.82) is 0 Å². The van der Waals surface area contributed by atoms with Gasteiger partial charge in [-0.25, -0.2) is 9.97 Å². The highest BCUT2D eigenvalue weighted by Gasteiger charge is 2.12. The Morgan fingerprint density at radius 3 is 2.74 bits per heavy atom. The molecule has 1 aromatic heterocycles. The molecule has 1 aliphatic heterocycles. The van der Waals surface area contributed by atoms with E-state index in [0.29, 0.717) is 5.95 Å². The molecule has 5 nitrogen and oxygen atoms in total. The first-order valence-electron chi connectivity index (χ1n) is 5.82. The molecule has 0 unspecified atom stereocenters. The highest BCUT2D eigenvalue weighted by molar-refractivity contribution is 5.85. The molecule has 0 saturated heterocycles. The van der Waals surface area contributed by atoms with Crippen molar-refractivity contribution in [1.82, 2.24) is 15.3 Å². The highest BCUT2D eigenvalue weighted by Crippen LogP contribution is 2.19. The lowest BCUT2D eigenvalue weighted by Gasteiger charge is -2.06. The standard InChI is InChI=1S/C13H14N4O.ClH/c1-18-11-4-2-10(3-5-11)16-13-15-7-9-6-14-8-12(9)17-13;/h2-5,7,14H,6,8H2,1H3,(H,15,16,17);1H. The number of aromatic nitrogens is 2. The van der Waals surface area contributed by atoms with Crippen LogP contribution in [0.4, 0.5) is 11.6 Å². The number of halogens is 1. The summed E-state index contributed by atoms with van der Waals surface area (Å²) in [6, 6.07) is 7.68. The van der Waals surface area contributed by atoms with Gasteiger partial charge in [0.05, 0.1) is 12.8 Å². The minimum absolute atomic E-state index is 0. The Morgan fingerprint density at radius 2 is 2.00 bits per heavy atom. The maximum Gasteiger partial charge on any atom is 0.227 e. The average Bonchev–Trinajstić information content (AvgIpc) is 2.87. The number of hydrogen-bond donors (Lipinski definition) is 2. The van der Waals surface area contributed by atoms with Crippen molar-refractivity contribution in [2.24, 2.45) is 0 Å². The lowest BCUT2D eigenvalue weighted by molar-refractivity contribution is 0.415. The quantitative estimate of drug-likeness (QED) is 0.902. The van der Waals surface area contributed by atoms with Crippen LogP contribution in [0.1, 0.15) is 11.3 Å². The largest absolute Gasteiger partial charge is 0.497 e. The molecule has 1 aromatic carbocycles. The normalized spacial score (nSPS) is 12.5. The predicted octanol–water partition coefficient (Wildman–Crippen LogP) is 2.25. The molecule has 0 amide bonds. The van der Waals surface area contributed by atoms with E-state index in [4.69, 9.17) is 4.74 Å². The fourth-order valence-electron chi connectivity index (χ4n) is 1.92. The second kappa shape index (κ2) is 5.86. The topological polar surface area (TPSA) is 59.1 Å². The molecule has 0 bridgehead atoms. The van der Waals surface area contributed by atoms with Crippen molar-refractivity contribution in [2.45, 2.75) is 13.1 Å². The van der Waals surface area contributed by atoms with E-state index < -0.39 is 0 Å². The van der Waals surface area contributed by atoms with Crippen LogP contribution in [0, 0.1) is 0 Å². The van der Waals surface area contributed by atoms with E-state index in [9.17, 15) is 0 Å². The molecule has 0 spiro atoms. The number of rotatable bonds is 3. The van der Waals surface area contributed by atoms with E-state index >= 15 is 0 Å². The fraction of sp³-hybridized carbons (Fsp3) is 0.231. The first-order chi connectivity index (χ1) is 8.85. The third kappa shape index (κ3) is 2.94. The van der Waals surface area contributed by atoms with Crippen LogP contribution in [-0.4, -0.2) is 17.1 Å². The fourth-order valence-corrected chi connectivity index (χ4v) is 1.92. The molecule has 2 N–H and O–H groups in total. The van der Waals surface area contributed by atoms with Crippen molar-refractivity contribution >= 4 is 24.0 Å². The summed E-state index contributed by atoms with van der Waals surface area (Å²) in [5, 5.41) is 6.43. The SMILES string of the molecule is COc1ccc(Nc2ncc3c(n2)CNC3)cc1.Cl. The van der Waals surface area contributed by atoms with E-state index in [1.807, 2.05) is 30.5 Å². The number of hydrogen-bond acceptors (Lipinski definition) is 5. The summed E-state index contributed by atoms with van der Waals surface area (Å²) in [5.74, 6) is 1.46. The van der Waals surface area contributed by atoms with E-state index in [2.05, 4.69) is 20.6 Å². The van der Waals surface area contributed by atoms with Gasteiger partial charge in [0.1, 0.15) is 5.75 Å². The number of fused-ring (bicyclic) bond motifs is 1. The maximum atomic E-state index is 5.11. The zero-order chi connectivity index (χ0) is 12.4. The summed E-state index contributed by atoms with van der Waals surface area (Å²) in [7, 11) is 1.65. The molecule has 0 radical (unpaired) electrons. The average molecular weight is 279 g/mol. The Hall–Kier alpha value is -1.85. The minimum atomic E-state index is 0. The lowest BCUT2D eigenvalue weighted by Crippen LogP contribution is -2.01. The minimum Gasteiger partial charge on any atom is -0.497 e. The third-order valence-electron chi connectivity index (χ3n) is 2.91. The molecular weight excluding hydrogens is 264 g/mol. The molecule has 0 atom stereocenters. The number of nitrogens with zero attached hydrogens (tertiary/aromatic N) is 2. The van der Waals surface area contributed by atoms with Gasteiger partial charge < -0.3 is 15.4 Å². The van der Waals surface area contributed by atoms with Crippen molar-refractivity contribution < 1.29 is 4.74 Å². The molecule has 0 saturated carbocycles. The summed E-state index contributed by atoms with van der Waals surface area (Å²) >= 11 is 0. The summed E-state index contributed by atoms with van der Waals surface area (Å²) in [4.78, 5) is 8.77. The summed E-state index contributed by atoms with van der Waals surface area (Å²) < 4.78 is 5.11. The number of anilines is 2. The molecular formula is C13H15ClN4O. The van der Waals surface area contributed by atoms with Crippen LogP contribution in [0.2, 0.25) is 0 Å².